The Labute approximate surface area is 211 Å². The fourth-order valence-corrected chi connectivity index (χ4v) is 2.55. The number of nitro benzene ring substituents is 1. The number of esters is 2. The number of nitrogen functional groups attached to an aromatic ring is 1. The molecule has 2 aromatic carbocycles. The van der Waals surface area contributed by atoms with Gasteiger partial charge in [0.2, 0.25) is 0 Å². The van der Waals surface area contributed by atoms with E-state index in [2.05, 4.69) is 9.47 Å². The molecule has 0 aliphatic rings. The monoisotopic (exact) mass is 556 g/mol. The van der Waals surface area contributed by atoms with E-state index in [1.165, 1.54) is 6.07 Å². The first kappa shape index (κ1) is 31.8. The van der Waals surface area contributed by atoms with E-state index in [0.29, 0.717) is 12.1 Å². The van der Waals surface area contributed by atoms with Crippen molar-refractivity contribution in [2.75, 3.05) is 32.2 Å². The van der Waals surface area contributed by atoms with Crippen molar-refractivity contribution in [2.45, 2.75) is 26.2 Å². The lowest BCUT2D eigenvalue weighted by atomic mass is 10.1. The molecule has 10 nitrogen and oxygen atoms in total. The summed E-state index contributed by atoms with van der Waals surface area (Å²) in [7, 11) is 0. The molecule has 2 aromatic rings. The SMILES string of the molecule is CCOC(=O)COc1ccc(N)c(C(F)(F)F)c1.CCOC(=O)COc1ccc([N+](=O)[O-])c(C(F)(F)F)c1. The van der Waals surface area contributed by atoms with Gasteiger partial charge < -0.3 is 24.7 Å². The molecule has 0 aliphatic carbocycles. The predicted octanol–water partition coefficient (Wildman–Crippen LogP) is 4.79. The van der Waals surface area contributed by atoms with E-state index in [1.54, 1.807) is 13.8 Å². The predicted molar refractivity (Wildman–Crippen MR) is 118 cm³/mol. The van der Waals surface area contributed by atoms with Crippen molar-refractivity contribution < 1.29 is 59.8 Å². The maximum absolute atomic E-state index is 12.7. The maximum Gasteiger partial charge on any atom is 0.423 e. The van der Waals surface area contributed by atoms with Crippen LogP contribution >= 0.6 is 0 Å². The third-order valence-corrected chi connectivity index (χ3v) is 4.12. The van der Waals surface area contributed by atoms with Gasteiger partial charge in [-0.05, 0) is 44.2 Å². The Morgan fingerprint density at radius 1 is 0.816 bits per heavy atom. The summed E-state index contributed by atoms with van der Waals surface area (Å²) >= 11 is 0. The number of hydrogen-bond donors (Lipinski definition) is 1. The third kappa shape index (κ3) is 10.4. The molecule has 2 N–H and O–H groups in total. The van der Waals surface area contributed by atoms with E-state index in [4.69, 9.17) is 15.2 Å². The number of nitrogens with two attached hydrogens (primary N) is 1. The normalized spacial score (nSPS) is 11.1. The minimum Gasteiger partial charge on any atom is -0.482 e. The smallest absolute Gasteiger partial charge is 0.423 e. The first-order chi connectivity index (χ1) is 17.6. The second-order valence-electron chi connectivity index (χ2n) is 6.87. The van der Waals surface area contributed by atoms with Gasteiger partial charge in [-0.2, -0.15) is 26.3 Å². The zero-order valence-electron chi connectivity index (χ0n) is 19.9. The Kier molecular flexibility index (Phi) is 11.6. The van der Waals surface area contributed by atoms with Crippen LogP contribution in [0.15, 0.2) is 36.4 Å². The Morgan fingerprint density at radius 2 is 1.24 bits per heavy atom. The second-order valence-corrected chi connectivity index (χ2v) is 6.87. The highest BCUT2D eigenvalue weighted by atomic mass is 19.4. The van der Waals surface area contributed by atoms with Gasteiger partial charge >= 0.3 is 24.3 Å². The molecule has 0 fully saturated rings. The average molecular weight is 556 g/mol. The number of carbonyl (C=O) groups is 2. The second kappa shape index (κ2) is 13.9. The first-order valence-corrected chi connectivity index (χ1v) is 10.5. The van der Waals surface area contributed by atoms with E-state index in [1.807, 2.05) is 0 Å². The molecule has 0 saturated heterocycles. The molecule has 0 spiro atoms. The van der Waals surface area contributed by atoms with E-state index >= 15 is 0 Å². The van der Waals surface area contributed by atoms with Crippen LogP contribution in [-0.2, 0) is 31.4 Å². The van der Waals surface area contributed by atoms with E-state index in [-0.39, 0.29) is 24.7 Å². The van der Waals surface area contributed by atoms with E-state index < -0.39 is 64.9 Å². The number of hydrogen-bond acceptors (Lipinski definition) is 9. The molecule has 0 bridgehead atoms. The largest absolute Gasteiger partial charge is 0.482 e. The van der Waals surface area contributed by atoms with Crippen molar-refractivity contribution in [3.05, 3.63) is 57.6 Å². The summed E-state index contributed by atoms with van der Waals surface area (Å²) in [6.07, 6.45) is -9.46. The van der Waals surface area contributed by atoms with Crippen LogP contribution in [0.3, 0.4) is 0 Å². The number of rotatable bonds is 9. The van der Waals surface area contributed by atoms with Gasteiger partial charge in [0.15, 0.2) is 13.2 Å². The van der Waals surface area contributed by atoms with E-state index in [9.17, 15) is 46.0 Å². The topological polar surface area (TPSA) is 140 Å². The lowest BCUT2D eigenvalue weighted by Gasteiger charge is -2.12. The molecule has 210 valence electrons. The van der Waals surface area contributed by atoms with Crippen molar-refractivity contribution in [1.82, 2.24) is 0 Å². The standard InChI is InChI=1S/C11H10F3NO5.C11H12F3NO3/c1-2-19-10(16)6-20-7-3-4-9(15(17)18)8(5-7)11(12,13)14;1-2-17-10(16)6-18-7-3-4-9(15)8(5-7)11(12,13)14/h3-5H,2,6H2,1H3;3-5H,2,6,15H2,1H3. The number of nitrogens with zero attached hydrogens (tertiary/aromatic N) is 1. The summed E-state index contributed by atoms with van der Waals surface area (Å²) < 4.78 is 94.3. The van der Waals surface area contributed by atoms with Gasteiger partial charge in [0, 0.05) is 11.8 Å². The fraction of sp³-hybridized carbons (Fsp3) is 0.364. The molecular weight excluding hydrogens is 534 g/mol. The van der Waals surface area contributed by atoms with Gasteiger partial charge in [0.1, 0.15) is 17.1 Å². The number of alkyl halides is 6. The van der Waals surface area contributed by atoms with Gasteiger partial charge in [-0.15, -0.1) is 0 Å². The lowest BCUT2D eigenvalue weighted by Crippen LogP contribution is -2.15. The zero-order valence-corrected chi connectivity index (χ0v) is 19.9. The van der Waals surface area contributed by atoms with Gasteiger partial charge in [-0.1, -0.05) is 0 Å². The van der Waals surface area contributed by atoms with Crippen molar-refractivity contribution in [3.8, 4) is 11.5 Å². The van der Waals surface area contributed by atoms with E-state index in [0.717, 1.165) is 18.2 Å². The molecule has 0 amide bonds. The molecule has 0 heterocycles. The van der Waals surface area contributed by atoms with Crippen molar-refractivity contribution in [1.29, 1.82) is 0 Å². The molecule has 0 aromatic heterocycles. The first-order valence-electron chi connectivity index (χ1n) is 10.5. The number of carbonyl (C=O) groups excluding carboxylic acids is 2. The molecular formula is C22H22F6N2O8. The summed E-state index contributed by atoms with van der Waals surface area (Å²) in [5, 5.41) is 10.5. The van der Waals surface area contributed by atoms with Crippen LogP contribution in [0, 0.1) is 10.1 Å². The van der Waals surface area contributed by atoms with Crippen LogP contribution in [0.25, 0.3) is 0 Å². The highest BCUT2D eigenvalue weighted by Gasteiger charge is 2.38. The van der Waals surface area contributed by atoms with Gasteiger partial charge in [-0.25, -0.2) is 9.59 Å². The highest BCUT2D eigenvalue weighted by Crippen LogP contribution is 2.38. The van der Waals surface area contributed by atoms with Crippen molar-refractivity contribution in [3.63, 3.8) is 0 Å². The summed E-state index contributed by atoms with van der Waals surface area (Å²) in [5.74, 6) is -1.80. The number of halogens is 6. The van der Waals surface area contributed by atoms with Crippen molar-refractivity contribution >= 4 is 23.3 Å². The third-order valence-electron chi connectivity index (χ3n) is 4.12. The van der Waals surface area contributed by atoms with Gasteiger partial charge in [0.05, 0.1) is 23.7 Å². The summed E-state index contributed by atoms with van der Waals surface area (Å²) in [5.41, 5.74) is 1.30. The minimum absolute atomic E-state index is 0.0930. The molecule has 2 rings (SSSR count). The minimum atomic E-state index is -4.90. The van der Waals surface area contributed by atoms with Crippen LogP contribution in [0.4, 0.5) is 37.7 Å². The number of anilines is 1. The summed E-state index contributed by atoms with van der Waals surface area (Å²) in [6, 6.07) is 5.19. The molecule has 38 heavy (non-hydrogen) atoms. The number of benzene rings is 2. The van der Waals surface area contributed by atoms with Gasteiger partial charge in [0.25, 0.3) is 5.69 Å². The highest BCUT2D eigenvalue weighted by molar-refractivity contribution is 5.71. The molecule has 0 unspecified atom stereocenters. The molecule has 0 atom stereocenters. The number of ether oxygens (including phenoxy) is 4. The quantitative estimate of drug-likeness (QED) is 0.152. The van der Waals surface area contributed by atoms with Crippen LogP contribution in [0.1, 0.15) is 25.0 Å². The maximum atomic E-state index is 12.7. The fourth-order valence-electron chi connectivity index (χ4n) is 2.55. The Bertz CT molecular complexity index is 1120. The molecule has 0 saturated carbocycles. The average Bonchev–Trinajstić information content (AvgIpc) is 2.81. The van der Waals surface area contributed by atoms with Crippen LogP contribution in [0.5, 0.6) is 11.5 Å². The van der Waals surface area contributed by atoms with Crippen molar-refractivity contribution in [2.24, 2.45) is 0 Å². The number of nitro groups is 1. The summed E-state index contributed by atoms with van der Waals surface area (Å²) in [6.45, 7) is 2.43. The lowest BCUT2D eigenvalue weighted by molar-refractivity contribution is -0.388. The van der Waals surface area contributed by atoms with Crippen LogP contribution in [0.2, 0.25) is 0 Å². The van der Waals surface area contributed by atoms with Crippen LogP contribution in [-0.4, -0.2) is 43.3 Å². The summed E-state index contributed by atoms with van der Waals surface area (Å²) in [4.78, 5) is 31.3. The molecule has 0 radical (unpaired) electrons. The Balaban J connectivity index is 0.000000382. The Morgan fingerprint density at radius 3 is 1.63 bits per heavy atom. The zero-order chi connectivity index (χ0) is 29.1. The Hall–Kier alpha value is -4.24. The van der Waals surface area contributed by atoms with Crippen LogP contribution < -0.4 is 15.2 Å². The van der Waals surface area contributed by atoms with Gasteiger partial charge in [-0.3, -0.25) is 10.1 Å². The molecule has 16 heteroatoms. The molecule has 0 aliphatic heterocycles.